The van der Waals surface area contributed by atoms with Gasteiger partial charge in [0.05, 0.1) is 16.4 Å². The molecule has 0 atom stereocenters. The Hall–Kier alpha value is -2.01. The smallest absolute Gasteiger partial charge is 0.319 e. The van der Waals surface area contributed by atoms with Crippen molar-refractivity contribution < 1.29 is 9.32 Å². The van der Waals surface area contributed by atoms with Crippen LogP contribution in [0.1, 0.15) is 29.0 Å². The van der Waals surface area contributed by atoms with Crippen LogP contribution < -0.4 is 10.6 Å². The van der Waals surface area contributed by atoms with E-state index in [-0.39, 0.29) is 6.03 Å². The SMILES string of the molecule is Cc1cccc(Cl)c1NC(=O)NCCCc1c(C)noc1C. The summed E-state index contributed by atoms with van der Waals surface area (Å²) >= 11 is 6.08. The fraction of sp³-hybridized carbons (Fsp3) is 0.375. The molecule has 0 aliphatic carbocycles. The number of nitrogens with one attached hydrogen (secondary N) is 2. The lowest BCUT2D eigenvalue weighted by molar-refractivity contribution is 0.252. The van der Waals surface area contributed by atoms with E-state index in [2.05, 4.69) is 15.8 Å². The highest BCUT2D eigenvalue weighted by Crippen LogP contribution is 2.24. The van der Waals surface area contributed by atoms with Crippen molar-refractivity contribution in [2.75, 3.05) is 11.9 Å². The molecule has 2 N–H and O–H groups in total. The first-order chi connectivity index (χ1) is 10.5. The van der Waals surface area contributed by atoms with Crippen molar-refractivity contribution in [3.8, 4) is 0 Å². The molecule has 22 heavy (non-hydrogen) atoms. The molecule has 1 aromatic carbocycles. The average molecular weight is 322 g/mol. The molecule has 0 radical (unpaired) electrons. The zero-order chi connectivity index (χ0) is 16.1. The minimum Gasteiger partial charge on any atom is -0.361 e. The van der Waals surface area contributed by atoms with Gasteiger partial charge in [-0.25, -0.2) is 4.79 Å². The second-order valence-corrected chi connectivity index (χ2v) is 5.63. The zero-order valence-corrected chi connectivity index (χ0v) is 13.8. The van der Waals surface area contributed by atoms with Crippen LogP contribution in [0.5, 0.6) is 0 Å². The molecule has 6 heteroatoms. The topological polar surface area (TPSA) is 67.2 Å². The maximum atomic E-state index is 11.9. The van der Waals surface area contributed by atoms with Crippen molar-refractivity contribution in [1.82, 2.24) is 10.5 Å². The monoisotopic (exact) mass is 321 g/mol. The molecule has 0 unspecified atom stereocenters. The van der Waals surface area contributed by atoms with Crippen LogP contribution in [0.2, 0.25) is 5.02 Å². The third-order valence-electron chi connectivity index (χ3n) is 3.53. The summed E-state index contributed by atoms with van der Waals surface area (Å²) in [5.74, 6) is 0.841. The van der Waals surface area contributed by atoms with Crippen LogP contribution in [0.25, 0.3) is 0 Å². The van der Waals surface area contributed by atoms with Gasteiger partial charge in [-0.15, -0.1) is 0 Å². The van der Waals surface area contributed by atoms with Crippen LogP contribution in [0.15, 0.2) is 22.7 Å². The number of anilines is 1. The van der Waals surface area contributed by atoms with Crippen LogP contribution in [0, 0.1) is 20.8 Å². The first-order valence-corrected chi connectivity index (χ1v) is 7.58. The number of hydrogen-bond donors (Lipinski definition) is 2. The van der Waals surface area contributed by atoms with Gasteiger partial charge in [-0.3, -0.25) is 0 Å². The van der Waals surface area contributed by atoms with Gasteiger partial charge in [0.25, 0.3) is 0 Å². The standard InChI is InChI=1S/C16H20ClN3O2/c1-10-6-4-8-14(17)15(10)19-16(21)18-9-5-7-13-11(2)20-22-12(13)3/h4,6,8H,5,7,9H2,1-3H3,(H2,18,19,21). The molecule has 0 saturated heterocycles. The van der Waals surface area contributed by atoms with Crippen molar-refractivity contribution in [1.29, 1.82) is 0 Å². The highest BCUT2D eigenvalue weighted by molar-refractivity contribution is 6.33. The summed E-state index contributed by atoms with van der Waals surface area (Å²) in [4.78, 5) is 11.9. The molecule has 118 valence electrons. The van der Waals surface area contributed by atoms with E-state index < -0.39 is 0 Å². The van der Waals surface area contributed by atoms with Gasteiger partial charge in [-0.1, -0.05) is 28.9 Å². The number of nitrogens with zero attached hydrogens (tertiary/aromatic N) is 1. The van der Waals surface area contributed by atoms with Gasteiger partial charge < -0.3 is 15.2 Å². The maximum absolute atomic E-state index is 11.9. The molecular formula is C16H20ClN3O2. The Labute approximate surface area is 135 Å². The highest BCUT2D eigenvalue weighted by atomic mass is 35.5. The number of hydrogen-bond acceptors (Lipinski definition) is 3. The largest absolute Gasteiger partial charge is 0.361 e. The van der Waals surface area contributed by atoms with Gasteiger partial charge in [0.2, 0.25) is 0 Å². The van der Waals surface area contributed by atoms with E-state index in [1.54, 1.807) is 6.07 Å². The summed E-state index contributed by atoms with van der Waals surface area (Å²) in [6.07, 6.45) is 1.64. The predicted molar refractivity (Wildman–Crippen MR) is 87.5 cm³/mol. The quantitative estimate of drug-likeness (QED) is 0.818. The Morgan fingerprint density at radius 3 is 2.73 bits per heavy atom. The predicted octanol–water partition coefficient (Wildman–Crippen LogP) is 4.01. The zero-order valence-electron chi connectivity index (χ0n) is 13.0. The van der Waals surface area contributed by atoms with Crippen molar-refractivity contribution in [2.24, 2.45) is 0 Å². The molecule has 0 spiro atoms. The number of halogens is 1. The first-order valence-electron chi connectivity index (χ1n) is 7.20. The summed E-state index contributed by atoms with van der Waals surface area (Å²) in [5, 5.41) is 10.1. The number of aryl methyl sites for hydroxylation is 3. The van der Waals surface area contributed by atoms with Crippen molar-refractivity contribution >= 4 is 23.3 Å². The van der Waals surface area contributed by atoms with Crippen LogP contribution >= 0.6 is 11.6 Å². The first kappa shape index (κ1) is 16.4. The average Bonchev–Trinajstić information content (AvgIpc) is 2.79. The molecule has 5 nitrogen and oxygen atoms in total. The number of para-hydroxylation sites is 1. The van der Waals surface area contributed by atoms with Crippen molar-refractivity contribution in [3.05, 3.63) is 45.8 Å². The lowest BCUT2D eigenvalue weighted by atomic mass is 10.1. The van der Waals surface area contributed by atoms with Crippen LogP contribution in [0.4, 0.5) is 10.5 Å². The number of carbonyl (C=O) groups is 1. The molecule has 2 rings (SSSR count). The number of benzene rings is 1. The summed E-state index contributed by atoms with van der Waals surface area (Å²) in [7, 11) is 0. The van der Waals surface area contributed by atoms with E-state index in [0.717, 1.165) is 35.4 Å². The van der Waals surface area contributed by atoms with Gasteiger partial charge in [-0.05, 0) is 45.2 Å². The number of rotatable bonds is 5. The Kier molecular flexibility index (Phi) is 5.44. The van der Waals surface area contributed by atoms with Crippen molar-refractivity contribution in [3.63, 3.8) is 0 Å². The number of aromatic nitrogens is 1. The number of amides is 2. The van der Waals surface area contributed by atoms with Crippen LogP contribution in [0.3, 0.4) is 0 Å². The summed E-state index contributed by atoms with van der Waals surface area (Å²) in [6, 6.07) is 5.25. The van der Waals surface area contributed by atoms with Crippen LogP contribution in [-0.4, -0.2) is 17.7 Å². The maximum Gasteiger partial charge on any atom is 0.319 e. The molecule has 0 fully saturated rings. The van der Waals surface area contributed by atoms with E-state index in [9.17, 15) is 4.79 Å². The van der Waals surface area contributed by atoms with E-state index in [1.807, 2.05) is 32.9 Å². The molecule has 2 amide bonds. The Morgan fingerprint density at radius 1 is 1.32 bits per heavy atom. The minimum atomic E-state index is -0.255. The minimum absolute atomic E-state index is 0.255. The van der Waals surface area contributed by atoms with E-state index in [4.69, 9.17) is 16.1 Å². The van der Waals surface area contributed by atoms with Gasteiger partial charge >= 0.3 is 6.03 Å². The molecule has 0 bridgehead atoms. The third-order valence-corrected chi connectivity index (χ3v) is 3.85. The Balaban J connectivity index is 1.79. The Morgan fingerprint density at radius 2 is 2.09 bits per heavy atom. The molecule has 0 saturated carbocycles. The highest BCUT2D eigenvalue weighted by Gasteiger charge is 2.10. The molecule has 0 aliphatic heterocycles. The van der Waals surface area contributed by atoms with Gasteiger partial charge in [0.1, 0.15) is 5.76 Å². The summed E-state index contributed by atoms with van der Waals surface area (Å²) in [5.41, 5.74) is 3.60. The molecule has 2 aromatic rings. The summed E-state index contributed by atoms with van der Waals surface area (Å²) < 4.78 is 5.11. The lowest BCUT2D eigenvalue weighted by Crippen LogP contribution is -2.30. The number of urea groups is 1. The lowest BCUT2D eigenvalue weighted by Gasteiger charge is -2.11. The van der Waals surface area contributed by atoms with E-state index in [1.165, 1.54) is 0 Å². The molecular weight excluding hydrogens is 302 g/mol. The fourth-order valence-corrected chi connectivity index (χ4v) is 2.54. The van der Waals surface area contributed by atoms with E-state index in [0.29, 0.717) is 17.3 Å². The second-order valence-electron chi connectivity index (χ2n) is 5.22. The normalized spacial score (nSPS) is 10.5. The fourth-order valence-electron chi connectivity index (χ4n) is 2.27. The molecule has 0 aliphatic rings. The van der Waals surface area contributed by atoms with Gasteiger partial charge in [-0.2, -0.15) is 0 Å². The third kappa shape index (κ3) is 4.01. The number of carbonyl (C=O) groups excluding carboxylic acids is 1. The van der Waals surface area contributed by atoms with Crippen LogP contribution in [-0.2, 0) is 6.42 Å². The van der Waals surface area contributed by atoms with E-state index >= 15 is 0 Å². The van der Waals surface area contributed by atoms with Crippen molar-refractivity contribution in [2.45, 2.75) is 33.6 Å². The van der Waals surface area contributed by atoms with Gasteiger partial charge in [0, 0.05) is 12.1 Å². The second kappa shape index (κ2) is 7.31. The summed E-state index contributed by atoms with van der Waals surface area (Å²) in [6.45, 7) is 6.29. The molecule has 1 aromatic heterocycles. The Bertz CT molecular complexity index is 628. The molecule has 1 heterocycles. The van der Waals surface area contributed by atoms with Gasteiger partial charge in [0.15, 0.2) is 0 Å².